The van der Waals surface area contributed by atoms with Gasteiger partial charge in [0.2, 0.25) is 5.91 Å². The number of hydrogen-bond donors (Lipinski definition) is 1. The SMILES string of the molecule is CCCC(N)C(=O)N1CCC(OCCCOC)CC1. The maximum Gasteiger partial charge on any atom is 0.239 e. The fraction of sp³-hybridized carbons (Fsp3) is 0.929. The Morgan fingerprint density at radius 2 is 2.05 bits per heavy atom. The largest absolute Gasteiger partial charge is 0.385 e. The first-order valence-corrected chi connectivity index (χ1v) is 7.34. The highest BCUT2D eigenvalue weighted by atomic mass is 16.5. The zero-order chi connectivity index (χ0) is 14.1. The number of hydrogen-bond acceptors (Lipinski definition) is 4. The zero-order valence-electron chi connectivity index (χ0n) is 12.3. The standard InChI is InChI=1S/C14H28N2O3/c1-3-5-13(15)14(17)16-8-6-12(7-9-16)19-11-4-10-18-2/h12-13H,3-11,15H2,1-2H3. The van der Waals surface area contributed by atoms with E-state index in [0.29, 0.717) is 0 Å². The number of methoxy groups -OCH3 is 1. The van der Waals surface area contributed by atoms with Crippen LogP contribution in [0.25, 0.3) is 0 Å². The fourth-order valence-electron chi connectivity index (χ4n) is 2.37. The van der Waals surface area contributed by atoms with Gasteiger partial charge in [0, 0.05) is 33.4 Å². The van der Waals surface area contributed by atoms with Gasteiger partial charge < -0.3 is 20.1 Å². The van der Waals surface area contributed by atoms with E-state index >= 15 is 0 Å². The first-order chi connectivity index (χ1) is 9.19. The lowest BCUT2D eigenvalue weighted by Crippen LogP contribution is -2.48. The van der Waals surface area contributed by atoms with E-state index in [0.717, 1.165) is 58.4 Å². The minimum Gasteiger partial charge on any atom is -0.385 e. The molecule has 1 amide bonds. The molecule has 1 aliphatic rings. The van der Waals surface area contributed by atoms with E-state index in [4.69, 9.17) is 15.2 Å². The second-order valence-electron chi connectivity index (χ2n) is 5.14. The Morgan fingerprint density at radius 1 is 1.37 bits per heavy atom. The van der Waals surface area contributed by atoms with Crippen molar-refractivity contribution in [1.29, 1.82) is 0 Å². The number of rotatable bonds is 8. The van der Waals surface area contributed by atoms with Crippen molar-refractivity contribution in [3.8, 4) is 0 Å². The molecule has 0 spiro atoms. The van der Waals surface area contributed by atoms with Crippen molar-refractivity contribution in [1.82, 2.24) is 4.90 Å². The maximum atomic E-state index is 12.0. The molecule has 5 heteroatoms. The molecule has 1 saturated heterocycles. The molecular weight excluding hydrogens is 244 g/mol. The van der Waals surface area contributed by atoms with Gasteiger partial charge >= 0.3 is 0 Å². The summed E-state index contributed by atoms with van der Waals surface area (Å²) in [5.41, 5.74) is 5.87. The quantitative estimate of drug-likeness (QED) is 0.673. The van der Waals surface area contributed by atoms with Gasteiger partial charge in [-0.2, -0.15) is 0 Å². The van der Waals surface area contributed by atoms with Gasteiger partial charge in [-0.15, -0.1) is 0 Å². The molecule has 1 atom stereocenters. The monoisotopic (exact) mass is 272 g/mol. The summed E-state index contributed by atoms with van der Waals surface area (Å²) in [6, 6.07) is -0.329. The molecule has 1 heterocycles. The van der Waals surface area contributed by atoms with Gasteiger partial charge in [-0.25, -0.2) is 0 Å². The molecule has 1 aliphatic heterocycles. The molecule has 0 aromatic heterocycles. The highest BCUT2D eigenvalue weighted by Crippen LogP contribution is 2.15. The Hall–Kier alpha value is -0.650. The van der Waals surface area contributed by atoms with Gasteiger partial charge in [-0.3, -0.25) is 4.79 Å². The van der Waals surface area contributed by atoms with Crippen molar-refractivity contribution >= 4 is 5.91 Å². The number of carbonyl (C=O) groups excluding carboxylic acids is 1. The average Bonchev–Trinajstić information content (AvgIpc) is 2.44. The third kappa shape index (κ3) is 5.89. The van der Waals surface area contributed by atoms with Crippen LogP contribution in [0.1, 0.15) is 39.0 Å². The number of likely N-dealkylation sites (tertiary alicyclic amines) is 1. The molecule has 0 radical (unpaired) electrons. The van der Waals surface area contributed by atoms with Gasteiger partial charge in [0.1, 0.15) is 0 Å². The minimum atomic E-state index is -0.329. The van der Waals surface area contributed by atoms with Gasteiger partial charge in [0.05, 0.1) is 12.1 Å². The van der Waals surface area contributed by atoms with Crippen LogP contribution >= 0.6 is 0 Å². The molecule has 1 unspecified atom stereocenters. The van der Waals surface area contributed by atoms with Crippen LogP contribution < -0.4 is 5.73 Å². The van der Waals surface area contributed by atoms with Crippen molar-refractivity contribution in [2.45, 2.75) is 51.2 Å². The van der Waals surface area contributed by atoms with Gasteiger partial charge in [0.15, 0.2) is 0 Å². The molecule has 0 aliphatic carbocycles. The molecule has 0 aromatic carbocycles. The van der Waals surface area contributed by atoms with Crippen LogP contribution in [0.3, 0.4) is 0 Å². The smallest absolute Gasteiger partial charge is 0.239 e. The van der Waals surface area contributed by atoms with E-state index in [9.17, 15) is 4.79 Å². The van der Waals surface area contributed by atoms with Crippen molar-refractivity contribution in [3.63, 3.8) is 0 Å². The molecule has 1 rings (SSSR count). The second kappa shape index (κ2) is 9.28. The van der Waals surface area contributed by atoms with Crippen LogP contribution in [0.5, 0.6) is 0 Å². The molecule has 2 N–H and O–H groups in total. The number of carbonyl (C=O) groups is 1. The number of amides is 1. The summed E-state index contributed by atoms with van der Waals surface area (Å²) in [5, 5.41) is 0. The Bertz CT molecular complexity index is 253. The molecule has 0 saturated carbocycles. The van der Waals surface area contributed by atoms with Crippen molar-refractivity contribution in [2.24, 2.45) is 5.73 Å². The summed E-state index contributed by atoms with van der Waals surface area (Å²) in [6.45, 7) is 5.06. The van der Waals surface area contributed by atoms with Crippen molar-refractivity contribution in [2.75, 3.05) is 33.4 Å². The van der Waals surface area contributed by atoms with E-state index in [1.807, 2.05) is 11.8 Å². The fourth-order valence-corrected chi connectivity index (χ4v) is 2.37. The van der Waals surface area contributed by atoms with E-state index < -0.39 is 0 Å². The van der Waals surface area contributed by atoms with Gasteiger partial charge in [-0.1, -0.05) is 13.3 Å². The van der Waals surface area contributed by atoms with Crippen LogP contribution in [-0.2, 0) is 14.3 Å². The molecule has 112 valence electrons. The lowest BCUT2D eigenvalue weighted by Gasteiger charge is -2.33. The molecule has 1 fully saturated rings. The predicted octanol–water partition coefficient (Wildman–Crippen LogP) is 1.16. The van der Waals surface area contributed by atoms with Crippen LogP contribution in [0, 0.1) is 0 Å². The maximum absolute atomic E-state index is 12.0. The topological polar surface area (TPSA) is 64.8 Å². The third-order valence-corrected chi connectivity index (χ3v) is 3.52. The normalized spacial score (nSPS) is 18.6. The average molecular weight is 272 g/mol. The van der Waals surface area contributed by atoms with Crippen LogP contribution in [0.15, 0.2) is 0 Å². The van der Waals surface area contributed by atoms with Crippen LogP contribution in [-0.4, -0.2) is 56.4 Å². The van der Waals surface area contributed by atoms with Crippen LogP contribution in [0.2, 0.25) is 0 Å². The van der Waals surface area contributed by atoms with E-state index in [2.05, 4.69) is 0 Å². The molecular formula is C14H28N2O3. The summed E-state index contributed by atoms with van der Waals surface area (Å²) >= 11 is 0. The lowest BCUT2D eigenvalue weighted by atomic mass is 10.1. The van der Waals surface area contributed by atoms with Crippen LogP contribution in [0.4, 0.5) is 0 Å². The lowest BCUT2D eigenvalue weighted by molar-refractivity contribution is -0.135. The number of nitrogens with two attached hydrogens (primary N) is 1. The summed E-state index contributed by atoms with van der Waals surface area (Å²) in [5.74, 6) is 0.0969. The minimum absolute atomic E-state index is 0.0969. The first-order valence-electron chi connectivity index (χ1n) is 7.34. The number of nitrogens with zero attached hydrogens (tertiary/aromatic N) is 1. The molecule has 5 nitrogen and oxygen atoms in total. The zero-order valence-corrected chi connectivity index (χ0v) is 12.3. The van der Waals surface area contributed by atoms with Gasteiger partial charge in [-0.05, 0) is 25.7 Å². The summed E-state index contributed by atoms with van der Waals surface area (Å²) in [7, 11) is 1.70. The second-order valence-corrected chi connectivity index (χ2v) is 5.14. The predicted molar refractivity (Wildman–Crippen MR) is 74.9 cm³/mol. The summed E-state index contributed by atoms with van der Waals surface area (Å²) in [4.78, 5) is 13.9. The Morgan fingerprint density at radius 3 is 2.63 bits per heavy atom. The van der Waals surface area contributed by atoms with E-state index in [1.165, 1.54) is 0 Å². The molecule has 0 bridgehead atoms. The Balaban J connectivity index is 2.19. The Labute approximate surface area is 116 Å². The van der Waals surface area contributed by atoms with E-state index in [1.54, 1.807) is 7.11 Å². The molecule has 19 heavy (non-hydrogen) atoms. The highest BCUT2D eigenvalue weighted by Gasteiger charge is 2.26. The number of piperidine rings is 1. The molecule has 0 aromatic rings. The summed E-state index contributed by atoms with van der Waals surface area (Å²) < 4.78 is 10.8. The number of ether oxygens (including phenoxy) is 2. The van der Waals surface area contributed by atoms with Crippen molar-refractivity contribution < 1.29 is 14.3 Å². The van der Waals surface area contributed by atoms with Crippen molar-refractivity contribution in [3.05, 3.63) is 0 Å². The third-order valence-electron chi connectivity index (χ3n) is 3.52. The Kier molecular flexibility index (Phi) is 8.02. The summed E-state index contributed by atoms with van der Waals surface area (Å²) in [6.07, 6.45) is 4.76. The first kappa shape index (κ1) is 16.4. The van der Waals surface area contributed by atoms with E-state index in [-0.39, 0.29) is 18.1 Å². The van der Waals surface area contributed by atoms with Gasteiger partial charge in [0.25, 0.3) is 0 Å². The highest BCUT2D eigenvalue weighted by molar-refractivity contribution is 5.81.